The summed E-state index contributed by atoms with van der Waals surface area (Å²) < 4.78 is 10.4. The minimum absolute atomic E-state index is 0.0468. The first-order chi connectivity index (χ1) is 14.7. The Labute approximate surface area is 174 Å². The maximum absolute atomic E-state index is 12.4. The van der Waals surface area contributed by atoms with Crippen LogP contribution in [0.5, 0.6) is 5.75 Å². The molecule has 3 aromatic rings. The molecule has 2 aromatic heterocycles. The monoisotopic (exact) mass is 408 g/mol. The molecule has 1 saturated heterocycles. The molecule has 9 nitrogen and oxygen atoms in total. The molecule has 0 unspecified atom stereocenters. The van der Waals surface area contributed by atoms with Crippen molar-refractivity contribution in [3.05, 3.63) is 48.4 Å². The minimum atomic E-state index is -0.0468. The Balaban J connectivity index is 1.39. The lowest BCUT2D eigenvalue weighted by Crippen LogP contribution is -2.31. The second-order valence-electron chi connectivity index (χ2n) is 7.18. The summed E-state index contributed by atoms with van der Waals surface area (Å²) in [5.41, 5.74) is 2.43. The van der Waals surface area contributed by atoms with Gasteiger partial charge in [-0.2, -0.15) is 4.98 Å². The highest BCUT2D eigenvalue weighted by molar-refractivity contribution is 5.92. The molecule has 9 heteroatoms. The van der Waals surface area contributed by atoms with Crippen molar-refractivity contribution in [1.29, 1.82) is 0 Å². The van der Waals surface area contributed by atoms with Crippen LogP contribution in [-0.2, 0) is 11.2 Å². The Morgan fingerprint density at radius 3 is 2.90 bits per heavy atom. The summed E-state index contributed by atoms with van der Waals surface area (Å²) in [6, 6.07) is 7.29. The van der Waals surface area contributed by atoms with Crippen molar-refractivity contribution in [2.24, 2.45) is 0 Å². The van der Waals surface area contributed by atoms with Crippen LogP contribution in [0.4, 0.5) is 5.69 Å². The van der Waals surface area contributed by atoms with E-state index in [2.05, 4.69) is 30.3 Å². The number of likely N-dealkylation sites (tertiary alicyclic amines) is 1. The molecular weight excluding hydrogens is 384 g/mol. The number of rotatable bonds is 7. The molecule has 0 radical (unpaired) electrons. The van der Waals surface area contributed by atoms with E-state index in [0.29, 0.717) is 24.7 Å². The van der Waals surface area contributed by atoms with Gasteiger partial charge in [0.2, 0.25) is 17.6 Å². The van der Waals surface area contributed by atoms with Gasteiger partial charge in [-0.15, -0.1) is 0 Å². The molecule has 1 fully saturated rings. The molecule has 1 aromatic carbocycles. The number of aryl methyl sites for hydroxylation is 1. The highest BCUT2D eigenvalue weighted by atomic mass is 16.5. The van der Waals surface area contributed by atoms with Crippen LogP contribution in [0.2, 0.25) is 0 Å². The van der Waals surface area contributed by atoms with Gasteiger partial charge in [0.15, 0.2) is 0 Å². The second-order valence-corrected chi connectivity index (χ2v) is 7.18. The van der Waals surface area contributed by atoms with Gasteiger partial charge in [0.1, 0.15) is 12.1 Å². The quantitative estimate of drug-likeness (QED) is 0.636. The number of amides is 1. The summed E-state index contributed by atoms with van der Waals surface area (Å²) in [6.07, 6.45) is 4.85. The number of carbonyl (C=O) groups excluding carboxylic acids is 1. The third kappa shape index (κ3) is 4.46. The summed E-state index contributed by atoms with van der Waals surface area (Å²) >= 11 is 0. The van der Waals surface area contributed by atoms with E-state index in [1.807, 2.05) is 31.2 Å². The smallest absolute Gasteiger partial charge is 0.238 e. The molecule has 156 valence electrons. The van der Waals surface area contributed by atoms with Gasteiger partial charge in [-0.05, 0) is 37.2 Å². The number of anilines is 1. The van der Waals surface area contributed by atoms with Crippen LogP contribution >= 0.6 is 0 Å². The molecule has 1 aliphatic rings. The van der Waals surface area contributed by atoms with E-state index in [4.69, 9.17) is 9.26 Å². The summed E-state index contributed by atoms with van der Waals surface area (Å²) in [4.78, 5) is 27.6. The zero-order valence-corrected chi connectivity index (χ0v) is 17.0. The number of benzene rings is 1. The molecule has 1 aliphatic heterocycles. The number of ether oxygens (including phenoxy) is 1. The lowest BCUT2D eigenvalue weighted by Gasteiger charge is -2.16. The zero-order chi connectivity index (χ0) is 20.9. The van der Waals surface area contributed by atoms with E-state index in [9.17, 15) is 4.79 Å². The summed E-state index contributed by atoms with van der Waals surface area (Å²) in [5, 5.41) is 6.99. The molecule has 4 rings (SSSR count). The fourth-order valence-electron chi connectivity index (χ4n) is 3.62. The van der Waals surface area contributed by atoms with Crippen molar-refractivity contribution in [1.82, 2.24) is 25.0 Å². The topological polar surface area (TPSA) is 106 Å². The lowest BCUT2D eigenvalue weighted by atomic mass is 10.00. The number of carbonyl (C=O) groups is 1. The Bertz CT molecular complexity index is 1000. The van der Waals surface area contributed by atoms with Crippen LogP contribution in [0.25, 0.3) is 11.4 Å². The molecule has 0 saturated carbocycles. The first-order valence-corrected chi connectivity index (χ1v) is 9.95. The van der Waals surface area contributed by atoms with Gasteiger partial charge >= 0.3 is 0 Å². The standard InChI is InChI=1S/C21H24N6O3/c1-3-19-25-21(26-30-19)17-10-22-13-23-20(17)14-8-9-27(11-14)12-18(28)24-15-4-6-16(29-2)7-5-15/h4-7,10,13-14H,3,8-9,11-12H2,1-2H3,(H,24,28)/t14-/m1/s1. The predicted molar refractivity (Wildman–Crippen MR) is 110 cm³/mol. The van der Waals surface area contributed by atoms with Crippen molar-refractivity contribution in [2.75, 3.05) is 32.1 Å². The van der Waals surface area contributed by atoms with Crippen LogP contribution in [0.3, 0.4) is 0 Å². The average Bonchev–Trinajstić information content (AvgIpc) is 3.44. The Hall–Kier alpha value is -3.33. The van der Waals surface area contributed by atoms with Gasteiger partial charge in [-0.1, -0.05) is 12.1 Å². The molecule has 1 amide bonds. The van der Waals surface area contributed by atoms with Crippen LogP contribution in [0.1, 0.15) is 30.8 Å². The van der Waals surface area contributed by atoms with Crippen LogP contribution < -0.4 is 10.1 Å². The summed E-state index contributed by atoms with van der Waals surface area (Å²) in [5.74, 6) is 1.99. The van der Waals surface area contributed by atoms with Crippen LogP contribution in [0, 0.1) is 0 Å². The molecule has 1 atom stereocenters. The maximum Gasteiger partial charge on any atom is 0.238 e. The third-order valence-electron chi connectivity index (χ3n) is 5.15. The molecule has 0 spiro atoms. The maximum atomic E-state index is 12.4. The first-order valence-electron chi connectivity index (χ1n) is 9.95. The Kier molecular flexibility index (Phi) is 5.99. The van der Waals surface area contributed by atoms with Gasteiger partial charge in [0.05, 0.1) is 24.9 Å². The van der Waals surface area contributed by atoms with Crippen molar-refractivity contribution in [2.45, 2.75) is 25.7 Å². The zero-order valence-electron chi connectivity index (χ0n) is 17.0. The highest BCUT2D eigenvalue weighted by Gasteiger charge is 2.29. The van der Waals surface area contributed by atoms with E-state index in [-0.39, 0.29) is 11.8 Å². The molecule has 30 heavy (non-hydrogen) atoms. The van der Waals surface area contributed by atoms with Gasteiger partial charge in [-0.25, -0.2) is 9.97 Å². The fraction of sp³-hybridized carbons (Fsp3) is 0.381. The minimum Gasteiger partial charge on any atom is -0.497 e. The molecule has 1 N–H and O–H groups in total. The number of hydrogen-bond donors (Lipinski definition) is 1. The fourth-order valence-corrected chi connectivity index (χ4v) is 3.62. The first kappa shape index (κ1) is 20.0. The summed E-state index contributed by atoms with van der Waals surface area (Å²) in [7, 11) is 1.61. The Morgan fingerprint density at radius 2 is 2.17 bits per heavy atom. The SMILES string of the molecule is CCc1nc(-c2cncnc2[C@@H]2CCN(CC(=O)Nc3ccc(OC)cc3)C2)no1. The van der Waals surface area contributed by atoms with E-state index in [0.717, 1.165) is 42.2 Å². The van der Waals surface area contributed by atoms with E-state index in [1.165, 1.54) is 0 Å². The van der Waals surface area contributed by atoms with Crippen molar-refractivity contribution < 1.29 is 14.1 Å². The van der Waals surface area contributed by atoms with Crippen LogP contribution in [0.15, 0.2) is 41.3 Å². The normalized spacial score (nSPS) is 16.5. The number of methoxy groups -OCH3 is 1. The van der Waals surface area contributed by atoms with E-state index >= 15 is 0 Å². The highest BCUT2D eigenvalue weighted by Crippen LogP contribution is 2.31. The summed E-state index contributed by atoms with van der Waals surface area (Å²) in [6.45, 7) is 3.84. The Morgan fingerprint density at radius 1 is 1.33 bits per heavy atom. The number of nitrogens with one attached hydrogen (secondary N) is 1. The van der Waals surface area contributed by atoms with Gasteiger partial charge in [0.25, 0.3) is 0 Å². The molecule has 0 bridgehead atoms. The van der Waals surface area contributed by atoms with Gasteiger partial charge in [-0.3, -0.25) is 9.69 Å². The number of aromatic nitrogens is 4. The van der Waals surface area contributed by atoms with Gasteiger partial charge < -0.3 is 14.6 Å². The largest absolute Gasteiger partial charge is 0.497 e. The van der Waals surface area contributed by atoms with E-state index in [1.54, 1.807) is 19.6 Å². The van der Waals surface area contributed by atoms with Crippen LogP contribution in [-0.4, -0.2) is 57.7 Å². The third-order valence-corrected chi connectivity index (χ3v) is 5.15. The van der Waals surface area contributed by atoms with Crippen molar-refractivity contribution in [3.63, 3.8) is 0 Å². The van der Waals surface area contributed by atoms with Crippen molar-refractivity contribution >= 4 is 11.6 Å². The second kappa shape index (κ2) is 9.00. The number of hydrogen-bond acceptors (Lipinski definition) is 8. The van der Waals surface area contributed by atoms with Crippen molar-refractivity contribution in [3.8, 4) is 17.1 Å². The van der Waals surface area contributed by atoms with Gasteiger partial charge in [0, 0.05) is 30.8 Å². The predicted octanol–water partition coefficient (Wildman–Crippen LogP) is 2.53. The molecule has 0 aliphatic carbocycles. The number of nitrogens with zero attached hydrogens (tertiary/aromatic N) is 5. The molecule has 3 heterocycles. The van der Waals surface area contributed by atoms with E-state index < -0.39 is 0 Å². The molecular formula is C21H24N6O3. The average molecular weight is 408 g/mol. The lowest BCUT2D eigenvalue weighted by molar-refractivity contribution is -0.117.